The van der Waals surface area contributed by atoms with E-state index in [1.54, 1.807) is 30.3 Å². The van der Waals surface area contributed by atoms with E-state index in [4.69, 9.17) is 0 Å². The summed E-state index contributed by atoms with van der Waals surface area (Å²) in [5.74, 6) is -0.850. The lowest BCUT2D eigenvalue weighted by Crippen LogP contribution is -2.31. The summed E-state index contributed by atoms with van der Waals surface area (Å²) in [5, 5.41) is 13.1. The number of thioether (sulfide) groups is 1. The molecule has 3 rings (SSSR count). The lowest BCUT2D eigenvalue weighted by molar-refractivity contribution is -0.384. The highest BCUT2D eigenvalue weighted by molar-refractivity contribution is 9.10. The molecule has 8 nitrogen and oxygen atoms in total. The number of imide groups is 1. The van der Waals surface area contributed by atoms with Gasteiger partial charge >= 0.3 is 0 Å². The molecule has 0 saturated carbocycles. The molecule has 0 aromatic heterocycles. The Morgan fingerprint density at radius 3 is 2.62 bits per heavy atom. The van der Waals surface area contributed by atoms with E-state index in [-0.39, 0.29) is 29.5 Å². The number of anilines is 1. The van der Waals surface area contributed by atoms with Crippen molar-refractivity contribution < 1.29 is 19.3 Å². The summed E-state index contributed by atoms with van der Waals surface area (Å²) in [5.41, 5.74) is 0.943. The lowest BCUT2D eigenvalue weighted by Gasteiger charge is -2.12. The number of nitro groups is 1. The smallest absolute Gasteiger partial charge is 0.293 e. The van der Waals surface area contributed by atoms with E-state index in [0.717, 1.165) is 21.1 Å². The van der Waals surface area contributed by atoms with Crippen LogP contribution in [0.3, 0.4) is 0 Å². The molecule has 0 atom stereocenters. The van der Waals surface area contributed by atoms with Gasteiger partial charge in [-0.2, -0.15) is 0 Å². The van der Waals surface area contributed by atoms with Gasteiger partial charge < -0.3 is 5.32 Å². The van der Waals surface area contributed by atoms with E-state index in [2.05, 4.69) is 21.2 Å². The molecule has 1 saturated heterocycles. The zero-order chi connectivity index (χ0) is 21.0. The predicted molar refractivity (Wildman–Crippen MR) is 113 cm³/mol. The van der Waals surface area contributed by atoms with E-state index in [9.17, 15) is 24.5 Å². The molecule has 0 radical (unpaired) electrons. The highest BCUT2D eigenvalue weighted by atomic mass is 79.9. The molecule has 1 N–H and O–H groups in total. The molecular formula is C19H14BrN3O5S. The fourth-order valence-corrected chi connectivity index (χ4v) is 3.67. The van der Waals surface area contributed by atoms with Crippen LogP contribution in [0.25, 0.3) is 6.08 Å². The second kappa shape index (κ2) is 9.01. The average Bonchev–Trinajstić information content (AvgIpc) is 2.95. The molecule has 0 bridgehead atoms. The molecule has 1 aliphatic rings. The van der Waals surface area contributed by atoms with Crippen LogP contribution in [0, 0.1) is 10.1 Å². The number of nitro benzene ring substituents is 1. The first-order chi connectivity index (χ1) is 13.8. The average molecular weight is 476 g/mol. The van der Waals surface area contributed by atoms with Crippen LogP contribution >= 0.6 is 27.7 Å². The van der Waals surface area contributed by atoms with Crippen molar-refractivity contribution in [2.45, 2.75) is 6.42 Å². The fraction of sp³-hybridized carbons (Fsp3) is 0.105. The van der Waals surface area contributed by atoms with Gasteiger partial charge in [-0.3, -0.25) is 29.4 Å². The number of amides is 3. The molecule has 2 aromatic carbocycles. The monoisotopic (exact) mass is 475 g/mol. The number of nitrogens with zero attached hydrogens (tertiary/aromatic N) is 2. The largest absolute Gasteiger partial charge is 0.326 e. The third kappa shape index (κ3) is 5.30. The molecule has 2 aromatic rings. The Bertz CT molecular complexity index is 1020. The number of carbonyl (C=O) groups is 3. The number of benzene rings is 2. The molecule has 0 unspecified atom stereocenters. The Labute approximate surface area is 178 Å². The van der Waals surface area contributed by atoms with E-state index in [0.29, 0.717) is 11.3 Å². The number of non-ortho nitro benzene ring substituents is 1. The number of nitrogens with one attached hydrogen (secondary N) is 1. The minimum atomic E-state index is -0.535. The first-order valence-electron chi connectivity index (χ1n) is 8.39. The van der Waals surface area contributed by atoms with Crippen LogP contribution in [0.4, 0.5) is 16.2 Å². The third-order valence-electron chi connectivity index (χ3n) is 3.94. The maximum atomic E-state index is 12.5. The highest BCUT2D eigenvalue weighted by Gasteiger charge is 2.35. The minimum absolute atomic E-state index is 0.0435. The summed E-state index contributed by atoms with van der Waals surface area (Å²) in [6, 6.07) is 12.8. The van der Waals surface area contributed by atoms with Crippen LogP contribution in [0.15, 0.2) is 57.9 Å². The predicted octanol–water partition coefficient (Wildman–Crippen LogP) is 4.42. The Balaban J connectivity index is 1.63. The number of halogens is 1. The zero-order valence-electron chi connectivity index (χ0n) is 14.8. The van der Waals surface area contributed by atoms with Crippen LogP contribution in [-0.2, 0) is 9.59 Å². The van der Waals surface area contributed by atoms with Gasteiger partial charge in [-0.15, -0.1) is 0 Å². The first-order valence-corrected chi connectivity index (χ1v) is 9.99. The zero-order valence-corrected chi connectivity index (χ0v) is 17.2. The number of rotatable bonds is 6. The summed E-state index contributed by atoms with van der Waals surface area (Å²) in [6.45, 7) is -0.0562. The molecule has 10 heteroatoms. The topological polar surface area (TPSA) is 110 Å². The Kier molecular flexibility index (Phi) is 6.45. The molecule has 148 valence electrons. The van der Waals surface area contributed by atoms with Gasteiger partial charge in [0.15, 0.2) is 0 Å². The summed E-state index contributed by atoms with van der Waals surface area (Å²) < 4.78 is 0.879. The van der Waals surface area contributed by atoms with Crippen LogP contribution in [-0.4, -0.2) is 33.4 Å². The second-order valence-corrected chi connectivity index (χ2v) is 7.90. The van der Waals surface area contributed by atoms with Crippen LogP contribution < -0.4 is 5.32 Å². The lowest BCUT2D eigenvalue weighted by atomic mass is 10.2. The van der Waals surface area contributed by atoms with E-state index in [1.807, 2.05) is 0 Å². The maximum Gasteiger partial charge on any atom is 0.293 e. The van der Waals surface area contributed by atoms with Crippen LogP contribution in [0.1, 0.15) is 12.0 Å². The summed E-state index contributed by atoms with van der Waals surface area (Å²) in [7, 11) is 0. The van der Waals surface area contributed by atoms with Gasteiger partial charge in [-0.25, -0.2) is 0 Å². The SMILES string of the molecule is O=C(CCN1C(=O)S/C(=C\c2cccc([N+](=O)[O-])c2)C1=O)Nc1ccc(Br)cc1. The standard InChI is InChI=1S/C19H14BrN3O5S/c20-13-4-6-14(7-5-13)21-17(24)8-9-22-18(25)16(29-19(22)26)11-12-2-1-3-15(10-12)23(27)28/h1-7,10-11H,8-9H2,(H,21,24)/b16-11-. The molecule has 1 fully saturated rings. The number of hydrogen-bond acceptors (Lipinski definition) is 6. The molecule has 3 amide bonds. The van der Waals surface area contributed by atoms with E-state index in [1.165, 1.54) is 24.3 Å². The Morgan fingerprint density at radius 2 is 1.93 bits per heavy atom. The van der Waals surface area contributed by atoms with Crippen molar-refractivity contribution in [1.82, 2.24) is 4.90 Å². The van der Waals surface area contributed by atoms with Gasteiger partial charge in [0, 0.05) is 35.3 Å². The molecule has 1 heterocycles. The molecular weight excluding hydrogens is 462 g/mol. The highest BCUT2D eigenvalue weighted by Crippen LogP contribution is 2.32. The van der Waals surface area contributed by atoms with Crippen molar-refractivity contribution in [3.05, 3.63) is 73.6 Å². The third-order valence-corrected chi connectivity index (χ3v) is 5.38. The Hall–Kier alpha value is -2.98. The summed E-state index contributed by atoms with van der Waals surface area (Å²) >= 11 is 4.05. The minimum Gasteiger partial charge on any atom is -0.326 e. The quantitative estimate of drug-likeness (QED) is 0.376. The van der Waals surface area contributed by atoms with Crippen molar-refractivity contribution in [3.63, 3.8) is 0 Å². The van der Waals surface area contributed by atoms with Crippen molar-refractivity contribution >= 4 is 62.2 Å². The first kappa shape index (κ1) is 20.7. The second-order valence-electron chi connectivity index (χ2n) is 5.99. The maximum absolute atomic E-state index is 12.5. The number of carbonyl (C=O) groups excluding carboxylic acids is 3. The fourth-order valence-electron chi connectivity index (χ4n) is 2.54. The van der Waals surface area contributed by atoms with Gasteiger partial charge in [0.05, 0.1) is 9.83 Å². The van der Waals surface area contributed by atoms with Gasteiger partial charge in [-0.05, 0) is 47.7 Å². The summed E-state index contributed by atoms with van der Waals surface area (Å²) in [6.07, 6.45) is 1.39. The van der Waals surface area contributed by atoms with Crippen molar-refractivity contribution in [2.75, 3.05) is 11.9 Å². The van der Waals surface area contributed by atoms with Crippen molar-refractivity contribution in [1.29, 1.82) is 0 Å². The number of hydrogen-bond donors (Lipinski definition) is 1. The van der Waals surface area contributed by atoms with Gasteiger partial charge in [0.2, 0.25) is 5.91 Å². The van der Waals surface area contributed by atoms with E-state index < -0.39 is 16.1 Å². The van der Waals surface area contributed by atoms with Crippen LogP contribution in [0.5, 0.6) is 0 Å². The van der Waals surface area contributed by atoms with E-state index >= 15 is 0 Å². The van der Waals surface area contributed by atoms with Gasteiger partial charge in [-0.1, -0.05) is 28.1 Å². The molecule has 0 spiro atoms. The molecule has 29 heavy (non-hydrogen) atoms. The molecule has 0 aliphatic carbocycles. The van der Waals surface area contributed by atoms with Crippen LogP contribution in [0.2, 0.25) is 0 Å². The summed E-state index contributed by atoms with van der Waals surface area (Å²) in [4.78, 5) is 48.2. The normalized spacial score (nSPS) is 15.1. The van der Waals surface area contributed by atoms with Gasteiger partial charge in [0.25, 0.3) is 16.8 Å². The Morgan fingerprint density at radius 1 is 1.21 bits per heavy atom. The molecule has 1 aliphatic heterocycles. The van der Waals surface area contributed by atoms with Crippen molar-refractivity contribution in [2.24, 2.45) is 0 Å². The van der Waals surface area contributed by atoms with Gasteiger partial charge in [0.1, 0.15) is 0 Å². The van der Waals surface area contributed by atoms with Crippen molar-refractivity contribution in [3.8, 4) is 0 Å².